The summed E-state index contributed by atoms with van der Waals surface area (Å²) in [7, 11) is 0. The summed E-state index contributed by atoms with van der Waals surface area (Å²) in [6.45, 7) is 6.74. The molecule has 6 heteroatoms. The van der Waals surface area contributed by atoms with Gasteiger partial charge in [0.05, 0.1) is 12.6 Å². The van der Waals surface area contributed by atoms with Crippen LogP contribution in [0.3, 0.4) is 0 Å². The second-order valence-corrected chi connectivity index (χ2v) is 5.71. The lowest BCUT2D eigenvalue weighted by molar-refractivity contribution is -0.145. The van der Waals surface area contributed by atoms with Crippen molar-refractivity contribution in [2.45, 2.75) is 39.2 Å². The number of aliphatic carboxylic acids is 1. The molecule has 20 heavy (non-hydrogen) atoms. The Morgan fingerprint density at radius 2 is 2.00 bits per heavy atom. The smallest absolute Gasteiger partial charge is 0.329 e. The van der Waals surface area contributed by atoms with Gasteiger partial charge in [-0.25, -0.2) is 4.79 Å². The van der Waals surface area contributed by atoms with Crippen LogP contribution in [0.25, 0.3) is 0 Å². The van der Waals surface area contributed by atoms with Gasteiger partial charge >= 0.3 is 5.97 Å². The third-order valence-corrected chi connectivity index (χ3v) is 3.39. The average molecular weight is 286 g/mol. The number of carbonyl (C=O) groups is 2. The van der Waals surface area contributed by atoms with E-state index in [0.29, 0.717) is 12.5 Å². The molecule has 0 radical (unpaired) electrons. The lowest BCUT2D eigenvalue weighted by Crippen LogP contribution is -2.43. The van der Waals surface area contributed by atoms with Crippen LogP contribution in [-0.2, 0) is 14.3 Å². The molecule has 1 rings (SSSR count). The van der Waals surface area contributed by atoms with E-state index < -0.39 is 5.97 Å². The predicted molar refractivity (Wildman–Crippen MR) is 75.5 cm³/mol. The Morgan fingerprint density at radius 3 is 2.55 bits per heavy atom. The maximum atomic E-state index is 11.7. The van der Waals surface area contributed by atoms with E-state index in [9.17, 15) is 9.59 Å². The normalized spacial score (nSPS) is 17.4. The number of amides is 1. The van der Waals surface area contributed by atoms with Crippen molar-refractivity contribution in [1.29, 1.82) is 0 Å². The van der Waals surface area contributed by atoms with Crippen molar-refractivity contribution >= 4 is 11.9 Å². The average Bonchev–Trinajstić information content (AvgIpc) is 2.37. The Morgan fingerprint density at radius 1 is 1.35 bits per heavy atom. The third-order valence-electron chi connectivity index (χ3n) is 3.39. The van der Waals surface area contributed by atoms with Gasteiger partial charge in [0.25, 0.3) is 0 Å². The summed E-state index contributed by atoms with van der Waals surface area (Å²) in [6.07, 6.45) is 2.57. The van der Waals surface area contributed by atoms with Gasteiger partial charge < -0.3 is 15.2 Å². The molecular formula is C14H26N2O4. The van der Waals surface area contributed by atoms with Crippen LogP contribution in [0.4, 0.5) is 0 Å². The molecule has 1 heterocycles. The molecule has 0 atom stereocenters. The summed E-state index contributed by atoms with van der Waals surface area (Å²) in [5.74, 6) is -0.273. The molecule has 0 aromatic rings. The highest BCUT2D eigenvalue weighted by Gasteiger charge is 2.21. The van der Waals surface area contributed by atoms with Gasteiger partial charge in [-0.05, 0) is 25.2 Å². The van der Waals surface area contributed by atoms with Crippen LogP contribution in [0.15, 0.2) is 0 Å². The lowest BCUT2D eigenvalue weighted by Gasteiger charge is -2.31. The molecule has 1 aliphatic heterocycles. The number of nitrogens with zero attached hydrogens (tertiary/aromatic N) is 1. The molecule has 2 N–H and O–H groups in total. The van der Waals surface area contributed by atoms with Gasteiger partial charge in [0.15, 0.2) is 0 Å². The van der Waals surface area contributed by atoms with Crippen LogP contribution in [0.2, 0.25) is 0 Å². The molecule has 0 aromatic carbocycles. The van der Waals surface area contributed by atoms with Crippen molar-refractivity contribution in [2.75, 3.05) is 32.8 Å². The molecule has 0 aromatic heterocycles. The van der Waals surface area contributed by atoms with E-state index in [4.69, 9.17) is 9.84 Å². The number of carboxylic acids is 1. The summed E-state index contributed by atoms with van der Waals surface area (Å²) < 4.78 is 5.26. The molecule has 1 amide bonds. The molecule has 0 unspecified atom stereocenters. The fourth-order valence-corrected chi connectivity index (χ4v) is 2.18. The van der Waals surface area contributed by atoms with Crippen LogP contribution in [0, 0.1) is 5.92 Å². The second kappa shape index (κ2) is 8.92. The van der Waals surface area contributed by atoms with Crippen LogP contribution in [0.1, 0.15) is 33.1 Å². The van der Waals surface area contributed by atoms with E-state index in [1.807, 2.05) is 0 Å². The predicted octanol–water partition coefficient (Wildman–Crippen LogP) is 0.714. The Bertz CT molecular complexity index is 312. The van der Waals surface area contributed by atoms with Gasteiger partial charge in [-0.2, -0.15) is 0 Å². The quantitative estimate of drug-likeness (QED) is 0.687. The Balaban J connectivity index is 2.12. The molecule has 0 spiro atoms. The van der Waals surface area contributed by atoms with E-state index in [0.717, 1.165) is 38.9 Å². The molecular weight excluding hydrogens is 260 g/mol. The molecule has 116 valence electrons. The monoisotopic (exact) mass is 286 g/mol. The van der Waals surface area contributed by atoms with Gasteiger partial charge in [-0.3, -0.25) is 9.69 Å². The molecule has 1 saturated heterocycles. The van der Waals surface area contributed by atoms with Crippen LogP contribution >= 0.6 is 0 Å². The zero-order valence-electron chi connectivity index (χ0n) is 12.4. The highest BCUT2D eigenvalue weighted by atomic mass is 16.5. The summed E-state index contributed by atoms with van der Waals surface area (Å²) in [4.78, 5) is 24.2. The number of ether oxygens (including phenoxy) is 1. The van der Waals surface area contributed by atoms with Crippen molar-refractivity contribution in [2.24, 2.45) is 5.92 Å². The summed E-state index contributed by atoms with van der Waals surface area (Å²) in [6, 6.07) is 0. The molecule has 0 saturated carbocycles. The lowest BCUT2D eigenvalue weighted by atomic mass is 10.1. The molecule has 6 nitrogen and oxygen atoms in total. The Labute approximate surface area is 120 Å². The highest BCUT2D eigenvalue weighted by molar-refractivity contribution is 5.77. The zero-order chi connectivity index (χ0) is 15.0. The van der Waals surface area contributed by atoms with E-state index >= 15 is 0 Å². The molecule has 0 bridgehead atoms. The van der Waals surface area contributed by atoms with Crippen LogP contribution in [-0.4, -0.2) is 60.8 Å². The number of piperidine rings is 1. The van der Waals surface area contributed by atoms with Crippen molar-refractivity contribution < 1.29 is 19.4 Å². The second-order valence-electron chi connectivity index (χ2n) is 5.71. The standard InChI is InChI=1S/C14H26N2O4/c1-11(2)3-6-15-13(17)9-16-7-4-12(5-8-16)20-10-14(18)19/h11-12H,3-10H2,1-2H3,(H,15,17)(H,18,19). The number of rotatable bonds is 8. The van der Waals surface area contributed by atoms with Gasteiger partial charge in [-0.1, -0.05) is 13.8 Å². The van der Waals surface area contributed by atoms with Crippen LogP contribution in [0.5, 0.6) is 0 Å². The molecule has 1 fully saturated rings. The fraction of sp³-hybridized carbons (Fsp3) is 0.857. The topological polar surface area (TPSA) is 78.9 Å². The first-order valence-electron chi connectivity index (χ1n) is 7.30. The number of hydrogen-bond donors (Lipinski definition) is 2. The first-order valence-corrected chi connectivity index (χ1v) is 7.30. The molecule has 1 aliphatic rings. The van der Waals surface area contributed by atoms with E-state index in [-0.39, 0.29) is 18.6 Å². The summed E-state index contributed by atoms with van der Waals surface area (Å²) in [5.41, 5.74) is 0. The SMILES string of the molecule is CC(C)CCNC(=O)CN1CCC(OCC(=O)O)CC1. The van der Waals surface area contributed by atoms with Crippen LogP contribution < -0.4 is 5.32 Å². The minimum atomic E-state index is -0.933. The fourth-order valence-electron chi connectivity index (χ4n) is 2.18. The maximum absolute atomic E-state index is 11.7. The van der Waals surface area contributed by atoms with Crippen molar-refractivity contribution in [3.8, 4) is 0 Å². The first kappa shape index (κ1) is 16.9. The number of nitrogens with one attached hydrogen (secondary N) is 1. The van der Waals surface area contributed by atoms with Crippen molar-refractivity contribution in [1.82, 2.24) is 10.2 Å². The van der Waals surface area contributed by atoms with Crippen molar-refractivity contribution in [3.63, 3.8) is 0 Å². The number of likely N-dealkylation sites (tertiary alicyclic amines) is 1. The number of carbonyl (C=O) groups excluding carboxylic acids is 1. The van der Waals surface area contributed by atoms with Crippen molar-refractivity contribution in [3.05, 3.63) is 0 Å². The molecule has 0 aliphatic carbocycles. The van der Waals surface area contributed by atoms with E-state index in [1.54, 1.807) is 0 Å². The highest BCUT2D eigenvalue weighted by Crippen LogP contribution is 2.13. The third kappa shape index (κ3) is 7.45. The van der Waals surface area contributed by atoms with E-state index in [2.05, 4.69) is 24.1 Å². The minimum Gasteiger partial charge on any atom is -0.480 e. The Kier molecular flexibility index (Phi) is 7.54. The van der Waals surface area contributed by atoms with Gasteiger partial charge in [-0.15, -0.1) is 0 Å². The maximum Gasteiger partial charge on any atom is 0.329 e. The Hall–Kier alpha value is -1.14. The summed E-state index contributed by atoms with van der Waals surface area (Å²) in [5, 5.41) is 11.5. The van der Waals surface area contributed by atoms with Gasteiger partial charge in [0, 0.05) is 19.6 Å². The minimum absolute atomic E-state index is 0.00588. The first-order chi connectivity index (χ1) is 9.47. The van der Waals surface area contributed by atoms with Gasteiger partial charge in [0.1, 0.15) is 6.61 Å². The zero-order valence-corrected chi connectivity index (χ0v) is 12.4. The van der Waals surface area contributed by atoms with E-state index in [1.165, 1.54) is 0 Å². The number of hydrogen-bond acceptors (Lipinski definition) is 4. The summed E-state index contributed by atoms with van der Waals surface area (Å²) >= 11 is 0. The largest absolute Gasteiger partial charge is 0.480 e. The number of carboxylic acid groups (broad SMARTS) is 1. The van der Waals surface area contributed by atoms with Gasteiger partial charge in [0.2, 0.25) is 5.91 Å².